The molecular weight excluding hydrogens is 236 g/mol. The van der Waals surface area contributed by atoms with E-state index in [0.29, 0.717) is 0 Å². The number of rotatable bonds is 2. The topological polar surface area (TPSA) is 43.6 Å². The summed E-state index contributed by atoms with van der Waals surface area (Å²) in [5.41, 5.74) is 4.41. The average Bonchev–Trinajstić information content (AvgIpc) is 2.88. The number of nitrogens with zero attached hydrogens (tertiary/aromatic N) is 4. The Balaban J connectivity index is 2.00. The van der Waals surface area contributed by atoms with Gasteiger partial charge in [0.15, 0.2) is 5.82 Å². The molecule has 0 bridgehead atoms. The molecule has 0 radical (unpaired) electrons. The Morgan fingerprint density at radius 1 is 1.00 bits per heavy atom. The van der Waals surface area contributed by atoms with E-state index in [1.54, 1.807) is 11.0 Å². The Morgan fingerprint density at radius 3 is 2.68 bits per heavy atom. The van der Waals surface area contributed by atoms with E-state index in [2.05, 4.69) is 46.3 Å². The quantitative estimate of drug-likeness (QED) is 0.702. The van der Waals surface area contributed by atoms with E-state index in [0.717, 1.165) is 22.6 Å². The Morgan fingerprint density at radius 2 is 1.89 bits per heavy atom. The Kier molecular flexibility index (Phi) is 2.83. The van der Waals surface area contributed by atoms with Crippen LogP contribution in [0.15, 0.2) is 49.1 Å². The van der Waals surface area contributed by atoms with Gasteiger partial charge in [-0.15, -0.1) is 0 Å². The van der Waals surface area contributed by atoms with Gasteiger partial charge in [0.25, 0.3) is 0 Å². The van der Waals surface area contributed by atoms with Gasteiger partial charge in [0.2, 0.25) is 0 Å². The molecule has 0 spiro atoms. The van der Waals surface area contributed by atoms with Crippen molar-refractivity contribution in [3.8, 4) is 16.9 Å². The molecule has 3 aromatic rings. The van der Waals surface area contributed by atoms with E-state index in [9.17, 15) is 0 Å². The fraction of sp³-hybridized carbons (Fsp3) is 0.133. The minimum absolute atomic E-state index is 0.784. The van der Waals surface area contributed by atoms with Crippen LogP contribution in [0.3, 0.4) is 0 Å². The minimum Gasteiger partial charge on any atom is -0.242 e. The third-order valence-electron chi connectivity index (χ3n) is 2.96. The molecule has 94 valence electrons. The lowest BCUT2D eigenvalue weighted by Crippen LogP contribution is -1.98. The zero-order valence-corrected chi connectivity index (χ0v) is 10.9. The smallest absolute Gasteiger partial charge is 0.156 e. The minimum atomic E-state index is 0.784. The van der Waals surface area contributed by atoms with Gasteiger partial charge >= 0.3 is 0 Å². The summed E-state index contributed by atoms with van der Waals surface area (Å²) >= 11 is 0. The van der Waals surface area contributed by atoms with E-state index >= 15 is 0 Å². The first kappa shape index (κ1) is 11.6. The lowest BCUT2D eigenvalue weighted by Gasteiger charge is -2.00. The molecule has 0 aliphatic rings. The maximum absolute atomic E-state index is 4.36. The van der Waals surface area contributed by atoms with Crippen molar-refractivity contribution >= 4 is 0 Å². The largest absolute Gasteiger partial charge is 0.242 e. The van der Waals surface area contributed by atoms with Crippen molar-refractivity contribution < 1.29 is 0 Å². The molecule has 0 unspecified atom stereocenters. The van der Waals surface area contributed by atoms with Gasteiger partial charge < -0.3 is 0 Å². The first-order chi connectivity index (χ1) is 9.22. The Hall–Kier alpha value is -2.49. The standard InChI is InChI=1S/C15H14N4/c1-11-4-3-5-13(6-11)14-8-18-19(9-14)15-7-12(2)16-10-17-15/h3-10H,1-2H3. The number of aromatic nitrogens is 4. The number of benzene rings is 1. The fourth-order valence-electron chi connectivity index (χ4n) is 1.99. The average molecular weight is 250 g/mol. The van der Waals surface area contributed by atoms with Crippen LogP contribution in [0.4, 0.5) is 0 Å². The van der Waals surface area contributed by atoms with Gasteiger partial charge in [0.1, 0.15) is 6.33 Å². The molecule has 0 aliphatic carbocycles. The number of hydrogen-bond acceptors (Lipinski definition) is 3. The van der Waals surface area contributed by atoms with Crippen LogP contribution < -0.4 is 0 Å². The molecule has 0 fully saturated rings. The van der Waals surface area contributed by atoms with Crippen LogP contribution in [-0.4, -0.2) is 19.7 Å². The molecule has 1 aromatic carbocycles. The second-order valence-electron chi connectivity index (χ2n) is 4.56. The van der Waals surface area contributed by atoms with Gasteiger partial charge in [0.05, 0.1) is 6.20 Å². The third kappa shape index (κ3) is 2.38. The molecule has 0 N–H and O–H groups in total. The monoisotopic (exact) mass is 250 g/mol. The second kappa shape index (κ2) is 4.65. The first-order valence-electron chi connectivity index (χ1n) is 6.13. The summed E-state index contributed by atoms with van der Waals surface area (Å²) in [6.07, 6.45) is 5.39. The van der Waals surface area contributed by atoms with Crippen molar-refractivity contribution in [1.29, 1.82) is 0 Å². The second-order valence-corrected chi connectivity index (χ2v) is 4.56. The van der Waals surface area contributed by atoms with Crippen molar-refractivity contribution in [2.75, 3.05) is 0 Å². The zero-order valence-electron chi connectivity index (χ0n) is 10.9. The van der Waals surface area contributed by atoms with Crippen LogP contribution >= 0.6 is 0 Å². The highest BCUT2D eigenvalue weighted by atomic mass is 15.3. The molecule has 0 amide bonds. The molecule has 0 atom stereocenters. The summed E-state index contributed by atoms with van der Waals surface area (Å²) in [6.45, 7) is 4.03. The van der Waals surface area contributed by atoms with Crippen molar-refractivity contribution in [3.05, 3.63) is 60.3 Å². The van der Waals surface area contributed by atoms with Gasteiger partial charge in [-0.25, -0.2) is 14.6 Å². The number of aryl methyl sites for hydroxylation is 2. The third-order valence-corrected chi connectivity index (χ3v) is 2.96. The van der Waals surface area contributed by atoms with Crippen molar-refractivity contribution in [1.82, 2.24) is 19.7 Å². The molecular formula is C15H14N4. The van der Waals surface area contributed by atoms with E-state index in [1.165, 1.54) is 5.56 Å². The summed E-state index contributed by atoms with van der Waals surface area (Å²) < 4.78 is 1.77. The van der Waals surface area contributed by atoms with Crippen LogP contribution in [0.25, 0.3) is 16.9 Å². The summed E-state index contributed by atoms with van der Waals surface area (Å²) in [5, 5.41) is 4.36. The molecule has 0 saturated heterocycles. The van der Waals surface area contributed by atoms with Crippen LogP contribution in [0.2, 0.25) is 0 Å². The van der Waals surface area contributed by atoms with Crippen molar-refractivity contribution in [2.45, 2.75) is 13.8 Å². The Bertz CT molecular complexity index is 655. The lowest BCUT2D eigenvalue weighted by molar-refractivity contribution is 0.835. The summed E-state index contributed by atoms with van der Waals surface area (Å²) in [5.74, 6) is 0.784. The molecule has 0 saturated carbocycles. The molecule has 4 nitrogen and oxygen atoms in total. The Labute approximate surface area is 111 Å². The molecule has 2 aromatic heterocycles. The fourth-order valence-corrected chi connectivity index (χ4v) is 1.99. The molecule has 19 heavy (non-hydrogen) atoms. The highest BCUT2D eigenvalue weighted by molar-refractivity contribution is 5.62. The first-order valence-corrected chi connectivity index (χ1v) is 6.13. The summed E-state index contributed by atoms with van der Waals surface area (Å²) in [4.78, 5) is 8.31. The van der Waals surface area contributed by atoms with Crippen LogP contribution in [0, 0.1) is 13.8 Å². The maximum Gasteiger partial charge on any atom is 0.156 e. The van der Waals surface area contributed by atoms with Gasteiger partial charge in [-0.2, -0.15) is 5.10 Å². The van der Waals surface area contributed by atoms with E-state index in [4.69, 9.17) is 0 Å². The van der Waals surface area contributed by atoms with E-state index in [1.807, 2.05) is 25.4 Å². The predicted octanol–water partition coefficient (Wildman–Crippen LogP) is 2.95. The lowest BCUT2D eigenvalue weighted by atomic mass is 10.1. The van der Waals surface area contributed by atoms with E-state index < -0.39 is 0 Å². The van der Waals surface area contributed by atoms with E-state index in [-0.39, 0.29) is 0 Å². The predicted molar refractivity (Wildman–Crippen MR) is 74.1 cm³/mol. The highest BCUT2D eigenvalue weighted by Gasteiger charge is 2.04. The normalized spacial score (nSPS) is 10.6. The molecule has 2 heterocycles. The summed E-state index contributed by atoms with van der Waals surface area (Å²) in [7, 11) is 0. The maximum atomic E-state index is 4.36. The molecule has 3 rings (SSSR count). The van der Waals surface area contributed by atoms with Crippen LogP contribution in [0.5, 0.6) is 0 Å². The SMILES string of the molecule is Cc1cccc(-c2cnn(-c3cc(C)ncn3)c2)c1. The zero-order chi connectivity index (χ0) is 13.2. The van der Waals surface area contributed by atoms with Gasteiger partial charge in [0, 0.05) is 23.5 Å². The van der Waals surface area contributed by atoms with Gasteiger partial charge in [-0.1, -0.05) is 29.8 Å². The van der Waals surface area contributed by atoms with Crippen LogP contribution in [-0.2, 0) is 0 Å². The van der Waals surface area contributed by atoms with Gasteiger partial charge in [-0.05, 0) is 19.4 Å². The van der Waals surface area contributed by atoms with Crippen LogP contribution in [0.1, 0.15) is 11.3 Å². The summed E-state index contributed by atoms with van der Waals surface area (Å²) in [6, 6.07) is 10.3. The highest BCUT2D eigenvalue weighted by Crippen LogP contribution is 2.20. The molecule has 0 aliphatic heterocycles. The van der Waals surface area contributed by atoms with Crippen molar-refractivity contribution in [2.24, 2.45) is 0 Å². The van der Waals surface area contributed by atoms with Gasteiger partial charge in [-0.3, -0.25) is 0 Å². The number of hydrogen-bond donors (Lipinski definition) is 0. The van der Waals surface area contributed by atoms with Crippen molar-refractivity contribution in [3.63, 3.8) is 0 Å². The molecule has 4 heteroatoms.